The fourth-order valence-electron chi connectivity index (χ4n) is 6.41. The number of hydrogen-bond acceptors (Lipinski definition) is 8. The Hall–Kier alpha value is -3.97. The molecule has 2 aliphatic rings. The highest BCUT2D eigenvalue weighted by atomic mass is 35.5. The molecule has 4 aromatic rings. The molecular weight excluding hydrogens is 582 g/mol. The molecule has 0 bridgehead atoms. The van der Waals surface area contributed by atoms with Gasteiger partial charge in [-0.1, -0.05) is 54.1 Å². The van der Waals surface area contributed by atoms with Crippen LogP contribution in [0.3, 0.4) is 0 Å². The van der Waals surface area contributed by atoms with Crippen molar-refractivity contribution < 1.29 is 4.74 Å². The fraction of sp³-hybridized carbons (Fsp3) is 0.417. The summed E-state index contributed by atoms with van der Waals surface area (Å²) in [5.74, 6) is 0.962. The van der Waals surface area contributed by atoms with Gasteiger partial charge < -0.3 is 19.4 Å². The van der Waals surface area contributed by atoms with Gasteiger partial charge in [0, 0.05) is 47.8 Å². The number of likely N-dealkylation sites (N-methyl/N-ethyl adjacent to an activating group) is 1. The summed E-state index contributed by atoms with van der Waals surface area (Å²) in [4.78, 5) is 25.8. The van der Waals surface area contributed by atoms with E-state index in [1.165, 1.54) is 34.0 Å². The highest BCUT2D eigenvalue weighted by molar-refractivity contribution is 6.30. The summed E-state index contributed by atoms with van der Waals surface area (Å²) in [7, 11) is 4.28. The maximum absolute atomic E-state index is 6.30. The quantitative estimate of drug-likeness (QED) is 0.135. The number of rotatable bonds is 11. The number of ether oxygens (including phenoxy) is 1. The molecule has 45 heavy (non-hydrogen) atoms. The number of aryl methyl sites for hydroxylation is 1. The molecule has 9 heteroatoms. The van der Waals surface area contributed by atoms with Crippen molar-refractivity contribution in [2.45, 2.75) is 51.7 Å². The van der Waals surface area contributed by atoms with Crippen LogP contribution in [0.1, 0.15) is 41.6 Å². The monoisotopic (exact) mass is 623 g/mol. The summed E-state index contributed by atoms with van der Waals surface area (Å²) in [6.07, 6.45) is 4.09. The first-order chi connectivity index (χ1) is 22.0. The molecule has 0 radical (unpaired) electrons. The Kier molecular flexibility index (Phi) is 9.94. The molecule has 234 valence electrons. The third kappa shape index (κ3) is 7.47. The van der Waals surface area contributed by atoms with Crippen molar-refractivity contribution in [1.29, 1.82) is 0 Å². The zero-order chi connectivity index (χ0) is 31.2. The molecule has 1 unspecified atom stereocenters. The molecule has 0 aliphatic carbocycles. The lowest BCUT2D eigenvalue weighted by Gasteiger charge is -2.33. The number of likely N-dealkylation sites (tertiary alicyclic amines) is 1. The fourth-order valence-corrected chi connectivity index (χ4v) is 6.54. The van der Waals surface area contributed by atoms with Crippen molar-refractivity contribution in [3.63, 3.8) is 0 Å². The van der Waals surface area contributed by atoms with Crippen LogP contribution >= 0.6 is 11.6 Å². The zero-order valence-electron chi connectivity index (χ0n) is 26.5. The third-order valence-corrected chi connectivity index (χ3v) is 9.22. The van der Waals surface area contributed by atoms with Gasteiger partial charge >= 0.3 is 6.01 Å². The number of aliphatic imine (C=N–C) groups is 2. The maximum Gasteiger partial charge on any atom is 0.318 e. The average Bonchev–Trinajstić information content (AvgIpc) is 3.47. The van der Waals surface area contributed by atoms with Crippen molar-refractivity contribution in [1.82, 2.24) is 14.9 Å². The summed E-state index contributed by atoms with van der Waals surface area (Å²) in [5, 5.41) is 3.31. The highest BCUT2D eigenvalue weighted by Gasteiger charge is 2.27. The van der Waals surface area contributed by atoms with E-state index in [0.29, 0.717) is 31.7 Å². The zero-order valence-corrected chi connectivity index (χ0v) is 27.3. The first kappa shape index (κ1) is 31.0. The van der Waals surface area contributed by atoms with Crippen LogP contribution in [-0.4, -0.2) is 73.8 Å². The van der Waals surface area contributed by atoms with Gasteiger partial charge in [-0.15, -0.1) is 0 Å². The van der Waals surface area contributed by atoms with E-state index in [2.05, 4.69) is 88.1 Å². The molecule has 0 N–H and O–H groups in total. The standard InChI is InChI=1S/C36H42ClN7O/c1-26-8-4-9-28-10-5-12-33(34(26)28)44-21-17-31-32(23-44)40-36(45-24-30-11-6-19-42(30)2)41-35(31)43(3)20-7-18-38-25-39-22-27-13-15-29(37)16-14-27/h4-5,8-10,12-16,30H,6-7,11,17-24H2,1-3H3. The minimum atomic E-state index is 0.403. The number of anilines is 2. The Bertz CT molecular complexity index is 1680. The van der Waals surface area contributed by atoms with Crippen LogP contribution in [0.2, 0.25) is 5.02 Å². The normalized spacial score (nSPS) is 16.4. The number of fused-ring (bicyclic) bond motifs is 2. The molecule has 0 saturated carbocycles. The first-order valence-electron chi connectivity index (χ1n) is 16.0. The van der Waals surface area contributed by atoms with Gasteiger partial charge in [-0.25, -0.2) is 9.98 Å². The SMILES string of the molecule is Cc1cccc2cccc(N3CCc4c(nc(OCC5CCCN5C)nc4N(C)CCCN=C=NCc4ccc(Cl)cc4)C3)c12. The molecule has 1 fully saturated rings. The van der Waals surface area contributed by atoms with E-state index in [1.54, 1.807) is 0 Å². The molecule has 2 aliphatic heterocycles. The second-order valence-electron chi connectivity index (χ2n) is 12.2. The van der Waals surface area contributed by atoms with E-state index >= 15 is 0 Å². The Morgan fingerprint density at radius 3 is 2.67 bits per heavy atom. The summed E-state index contributed by atoms with van der Waals surface area (Å²) < 4.78 is 6.30. The number of halogens is 1. The molecule has 0 amide bonds. The lowest BCUT2D eigenvalue weighted by atomic mass is 10.00. The van der Waals surface area contributed by atoms with E-state index in [0.717, 1.165) is 67.5 Å². The van der Waals surface area contributed by atoms with Crippen LogP contribution in [0.4, 0.5) is 11.5 Å². The van der Waals surface area contributed by atoms with Crippen molar-refractivity contribution >= 4 is 39.9 Å². The van der Waals surface area contributed by atoms with Crippen molar-refractivity contribution in [3.8, 4) is 6.01 Å². The summed E-state index contributed by atoms with van der Waals surface area (Å²) in [5.41, 5.74) is 5.90. The van der Waals surface area contributed by atoms with Gasteiger partial charge in [-0.2, -0.15) is 9.97 Å². The number of aromatic nitrogens is 2. The topological polar surface area (TPSA) is 69.5 Å². The molecular formula is C36H42ClN7O. The Morgan fingerprint density at radius 1 is 1.04 bits per heavy atom. The predicted octanol–water partition coefficient (Wildman–Crippen LogP) is 6.83. The van der Waals surface area contributed by atoms with Crippen molar-refractivity contribution in [2.24, 2.45) is 9.98 Å². The molecule has 1 atom stereocenters. The Morgan fingerprint density at radius 2 is 1.87 bits per heavy atom. The van der Waals surface area contributed by atoms with Gasteiger partial charge in [0.05, 0.1) is 31.3 Å². The number of benzene rings is 3. The Balaban J connectivity index is 1.17. The average molecular weight is 624 g/mol. The summed E-state index contributed by atoms with van der Waals surface area (Å²) in [6, 6.07) is 24.5. The largest absolute Gasteiger partial charge is 0.462 e. The van der Waals surface area contributed by atoms with Crippen LogP contribution in [0, 0.1) is 6.92 Å². The van der Waals surface area contributed by atoms with E-state index in [1.807, 2.05) is 24.3 Å². The third-order valence-electron chi connectivity index (χ3n) is 8.97. The Labute approximate surface area is 271 Å². The van der Waals surface area contributed by atoms with Crippen LogP contribution in [-0.2, 0) is 19.5 Å². The molecule has 1 saturated heterocycles. The van der Waals surface area contributed by atoms with Gasteiger partial charge in [0.2, 0.25) is 0 Å². The minimum Gasteiger partial charge on any atom is -0.462 e. The van der Waals surface area contributed by atoms with Crippen LogP contribution in [0.5, 0.6) is 6.01 Å². The van der Waals surface area contributed by atoms with Gasteiger partial charge in [-0.05, 0) is 80.9 Å². The predicted molar refractivity (Wildman–Crippen MR) is 184 cm³/mol. The highest BCUT2D eigenvalue weighted by Crippen LogP contribution is 2.35. The number of hydrogen-bond donors (Lipinski definition) is 0. The van der Waals surface area contributed by atoms with Crippen LogP contribution in [0.15, 0.2) is 70.6 Å². The van der Waals surface area contributed by atoms with Crippen LogP contribution in [0.25, 0.3) is 10.8 Å². The molecule has 0 spiro atoms. The molecule has 8 nitrogen and oxygen atoms in total. The maximum atomic E-state index is 6.30. The van der Waals surface area contributed by atoms with Gasteiger partial charge in [0.25, 0.3) is 0 Å². The van der Waals surface area contributed by atoms with Gasteiger partial charge in [-0.3, -0.25) is 0 Å². The minimum absolute atomic E-state index is 0.403. The van der Waals surface area contributed by atoms with E-state index in [-0.39, 0.29) is 0 Å². The molecule has 1 aromatic heterocycles. The van der Waals surface area contributed by atoms with Gasteiger partial charge in [0.15, 0.2) is 0 Å². The lowest BCUT2D eigenvalue weighted by Crippen LogP contribution is -2.34. The first-order valence-corrected chi connectivity index (χ1v) is 16.3. The second kappa shape index (κ2) is 14.4. The van der Waals surface area contributed by atoms with E-state index in [4.69, 9.17) is 26.3 Å². The smallest absolute Gasteiger partial charge is 0.318 e. The molecule has 3 heterocycles. The number of nitrogens with zero attached hydrogens (tertiary/aromatic N) is 7. The summed E-state index contributed by atoms with van der Waals surface area (Å²) in [6.45, 7) is 7.54. The summed E-state index contributed by atoms with van der Waals surface area (Å²) >= 11 is 5.96. The van der Waals surface area contributed by atoms with E-state index in [9.17, 15) is 0 Å². The lowest BCUT2D eigenvalue weighted by molar-refractivity contribution is 0.187. The van der Waals surface area contributed by atoms with Crippen LogP contribution < -0.4 is 14.5 Å². The van der Waals surface area contributed by atoms with Crippen molar-refractivity contribution in [2.75, 3.05) is 56.7 Å². The van der Waals surface area contributed by atoms with Crippen molar-refractivity contribution in [3.05, 3.63) is 88.1 Å². The molecule has 6 rings (SSSR count). The second-order valence-corrected chi connectivity index (χ2v) is 12.6. The molecule has 3 aromatic carbocycles. The van der Waals surface area contributed by atoms with Gasteiger partial charge in [0.1, 0.15) is 12.4 Å². The van der Waals surface area contributed by atoms with E-state index < -0.39 is 0 Å².